The molecule has 1 aromatic heterocycles. The molecule has 3 heteroatoms. The van der Waals surface area contributed by atoms with Gasteiger partial charge in [0, 0.05) is 18.3 Å². The topological polar surface area (TPSA) is 25.4 Å². The lowest BCUT2D eigenvalue weighted by Crippen LogP contribution is -1.96. The van der Waals surface area contributed by atoms with E-state index >= 15 is 0 Å². The summed E-state index contributed by atoms with van der Waals surface area (Å²) >= 11 is 0. The highest BCUT2D eigenvalue weighted by Crippen LogP contribution is 2.14. The van der Waals surface area contributed by atoms with Gasteiger partial charge in [0.2, 0.25) is 0 Å². The molecule has 0 aromatic carbocycles. The Bertz CT molecular complexity index is 260. The number of hydrogen-bond acceptors (Lipinski definition) is 2. The van der Waals surface area contributed by atoms with E-state index in [1.165, 1.54) is 18.3 Å². The van der Waals surface area contributed by atoms with Gasteiger partial charge >= 0.3 is 0 Å². The van der Waals surface area contributed by atoms with E-state index in [-0.39, 0.29) is 11.9 Å². The van der Waals surface area contributed by atoms with E-state index in [1.54, 1.807) is 0 Å². The highest BCUT2D eigenvalue weighted by molar-refractivity contribution is 5.07. The largest absolute Gasteiger partial charge is 0.373 e. The van der Waals surface area contributed by atoms with Crippen molar-refractivity contribution in [3.63, 3.8) is 0 Å². The van der Waals surface area contributed by atoms with Crippen LogP contribution in [0.5, 0.6) is 0 Å². The number of hydrogen-bond donors (Lipinski definition) is 0. The number of rotatable bonds is 2. The first-order valence-corrected chi connectivity index (χ1v) is 3.56. The third-order valence-corrected chi connectivity index (χ3v) is 1.62. The van der Waals surface area contributed by atoms with E-state index in [0.29, 0.717) is 0 Å². The molecule has 2 nitrogen and oxygen atoms in total. The molecule has 1 aliphatic rings. The van der Waals surface area contributed by atoms with Gasteiger partial charge < -0.3 is 4.74 Å². The number of nitrogens with zero attached hydrogens (tertiary/aromatic N) is 1. The predicted octanol–water partition coefficient (Wildman–Crippen LogP) is 1.16. The van der Waals surface area contributed by atoms with Crippen molar-refractivity contribution in [2.75, 3.05) is 6.61 Å². The maximum absolute atomic E-state index is 12.6. The van der Waals surface area contributed by atoms with Crippen molar-refractivity contribution in [3.05, 3.63) is 29.8 Å². The Kier molecular flexibility index (Phi) is 1.58. The monoisotopic (exact) mass is 153 g/mol. The van der Waals surface area contributed by atoms with Crippen LogP contribution in [0.15, 0.2) is 18.3 Å². The van der Waals surface area contributed by atoms with Gasteiger partial charge in [0.15, 0.2) is 0 Å². The van der Waals surface area contributed by atoms with Gasteiger partial charge in [-0.3, -0.25) is 4.98 Å². The average molecular weight is 153 g/mol. The molecular formula is C8H8FNO. The highest BCUT2D eigenvalue weighted by atomic mass is 19.1. The van der Waals surface area contributed by atoms with Gasteiger partial charge in [-0.1, -0.05) is 0 Å². The fraction of sp³-hybridized carbons (Fsp3) is 0.375. The average Bonchev–Trinajstić information content (AvgIpc) is 2.71. The summed E-state index contributed by atoms with van der Waals surface area (Å²) < 4.78 is 17.5. The summed E-state index contributed by atoms with van der Waals surface area (Å²) in [6, 6.07) is 2.79. The van der Waals surface area contributed by atoms with Crippen molar-refractivity contribution in [1.29, 1.82) is 0 Å². The van der Waals surface area contributed by atoms with E-state index < -0.39 is 0 Å². The summed E-state index contributed by atoms with van der Waals surface area (Å²) in [7, 11) is 0. The summed E-state index contributed by atoms with van der Waals surface area (Å²) in [6.45, 7) is 0.790. The van der Waals surface area contributed by atoms with Crippen LogP contribution in [0, 0.1) is 5.82 Å². The molecule has 0 spiro atoms. The van der Waals surface area contributed by atoms with Crippen molar-refractivity contribution < 1.29 is 9.13 Å². The van der Waals surface area contributed by atoms with Gasteiger partial charge in [-0.2, -0.15) is 0 Å². The molecule has 0 saturated carbocycles. The Morgan fingerprint density at radius 2 is 2.55 bits per heavy atom. The van der Waals surface area contributed by atoms with Crippen molar-refractivity contribution in [2.24, 2.45) is 0 Å². The van der Waals surface area contributed by atoms with Crippen molar-refractivity contribution in [2.45, 2.75) is 12.5 Å². The van der Waals surface area contributed by atoms with Crippen LogP contribution in [-0.4, -0.2) is 17.7 Å². The minimum absolute atomic E-state index is 0.226. The second-order valence-corrected chi connectivity index (χ2v) is 2.62. The zero-order chi connectivity index (χ0) is 7.68. The molecule has 0 amide bonds. The van der Waals surface area contributed by atoms with Crippen LogP contribution in [0.4, 0.5) is 4.39 Å². The molecule has 1 aliphatic heterocycles. The summed E-state index contributed by atoms with van der Waals surface area (Å²) in [5, 5.41) is 0. The van der Waals surface area contributed by atoms with Crippen LogP contribution in [0.25, 0.3) is 0 Å². The maximum atomic E-state index is 12.6. The predicted molar refractivity (Wildman–Crippen MR) is 37.6 cm³/mol. The number of aromatic nitrogens is 1. The fourth-order valence-electron chi connectivity index (χ4n) is 0.980. The number of epoxide rings is 1. The molecule has 2 heterocycles. The first kappa shape index (κ1) is 6.73. The Balaban J connectivity index is 2.10. The van der Waals surface area contributed by atoms with E-state index in [0.717, 1.165) is 18.7 Å². The quantitative estimate of drug-likeness (QED) is 0.596. The first-order chi connectivity index (χ1) is 5.34. The lowest BCUT2D eigenvalue weighted by Gasteiger charge is -1.94. The summed E-state index contributed by atoms with van der Waals surface area (Å²) in [5.74, 6) is -0.226. The molecule has 11 heavy (non-hydrogen) atoms. The zero-order valence-electron chi connectivity index (χ0n) is 5.96. The molecule has 2 rings (SSSR count). The standard InChI is InChI=1S/C8H8FNO/c9-6-1-2-10-7(3-6)4-8-5-11-8/h1-3,8H,4-5H2. The molecule has 0 N–H and O–H groups in total. The first-order valence-electron chi connectivity index (χ1n) is 3.56. The van der Waals surface area contributed by atoms with Crippen molar-refractivity contribution in [1.82, 2.24) is 4.98 Å². The van der Waals surface area contributed by atoms with Gasteiger partial charge in [-0.15, -0.1) is 0 Å². The summed E-state index contributed by atoms with van der Waals surface area (Å²) in [5.41, 5.74) is 0.771. The van der Waals surface area contributed by atoms with Crippen molar-refractivity contribution >= 4 is 0 Å². The molecule has 0 aliphatic carbocycles. The minimum atomic E-state index is -0.226. The van der Waals surface area contributed by atoms with Crippen LogP contribution in [0.2, 0.25) is 0 Å². The Hall–Kier alpha value is -0.960. The van der Waals surface area contributed by atoms with Crippen LogP contribution in [-0.2, 0) is 11.2 Å². The number of ether oxygens (including phenoxy) is 1. The van der Waals surface area contributed by atoms with Gasteiger partial charge in [-0.25, -0.2) is 4.39 Å². The van der Waals surface area contributed by atoms with E-state index in [2.05, 4.69) is 4.98 Å². The molecule has 0 radical (unpaired) electrons. The zero-order valence-corrected chi connectivity index (χ0v) is 5.96. The molecular weight excluding hydrogens is 145 g/mol. The molecule has 1 saturated heterocycles. The molecule has 58 valence electrons. The fourth-order valence-corrected chi connectivity index (χ4v) is 0.980. The van der Waals surface area contributed by atoms with Crippen LogP contribution in [0.1, 0.15) is 5.69 Å². The normalized spacial score (nSPS) is 21.7. The Labute approximate surface area is 64.0 Å². The minimum Gasteiger partial charge on any atom is -0.373 e. The third-order valence-electron chi connectivity index (χ3n) is 1.62. The number of halogens is 1. The summed E-state index contributed by atoms with van der Waals surface area (Å²) in [6.07, 6.45) is 2.49. The molecule has 1 unspecified atom stereocenters. The van der Waals surface area contributed by atoms with Crippen LogP contribution in [0.3, 0.4) is 0 Å². The van der Waals surface area contributed by atoms with Gasteiger partial charge in [-0.05, 0) is 12.1 Å². The molecule has 1 atom stereocenters. The third kappa shape index (κ3) is 1.74. The van der Waals surface area contributed by atoms with Gasteiger partial charge in [0.25, 0.3) is 0 Å². The molecule has 1 fully saturated rings. The van der Waals surface area contributed by atoms with Gasteiger partial charge in [0.05, 0.1) is 12.7 Å². The van der Waals surface area contributed by atoms with E-state index in [1.807, 2.05) is 0 Å². The Morgan fingerprint density at radius 3 is 3.18 bits per heavy atom. The lowest BCUT2D eigenvalue weighted by molar-refractivity contribution is 0.406. The SMILES string of the molecule is Fc1ccnc(CC2CO2)c1. The van der Waals surface area contributed by atoms with Crippen molar-refractivity contribution in [3.8, 4) is 0 Å². The van der Waals surface area contributed by atoms with E-state index in [4.69, 9.17) is 4.74 Å². The molecule has 0 bridgehead atoms. The smallest absolute Gasteiger partial charge is 0.126 e. The summed E-state index contributed by atoms with van der Waals surface area (Å²) in [4.78, 5) is 4.00. The molecule has 1 aromatic rings. The van der Waals surface area contributed by atoms with E-state index in [9.17, 15) is 4.39 Å². The maximum Gasteiger partial charge on any atom is 0.126 e. The lowest BCUT2D eigenvalue weighted by atomic mass is 10.2. The van der Waals surface area contributed by atoms with Gasteiger partial charge in [0.1, 0.15) is 5.82 Å². The second-order valence-electron chi connectivity index (χ2n) is 2.62. The number of pyridine rings is 1. The van der Waals surface area contributed by atoms with Crippen LogP contribution < -0.4 is 0 Å². The van der Waals surface area contributed by atoms with Crippen LogP contribution >= 0.6 is 0 Å². The second kappa shape index (κ2) is 2.58. The highest BCUT2D eigenvalue weighted by Gasteiger charge is 2.23. The Morgan fingerprint density at radius 1 is 1.73 bits per heavy atom.